The summed E-state index contributed by atoms with van der Waals surface area (Å²) in [6.07, 6.45) is 5.30. The van der Waals surface area contributed by atoms with Crippen molar-refractivity contribution in [3.05, 3.63) is 35.7 Å². The third-order valence-electron chi connectivity index (χ3n) is 4.32. The largest absolute Gasteiger partial charge is 0.496 e. The van der Waals surface area contributed by atoms with Gasteiger partial charge in [0, 0.05) is 19.5 Å². The van der Waals surface area contributed by atoms with Gasteiger partial charge in [-0.25, -0.2) is 0 Å². The van der Waals surface area contributed by atoms with Crippen LogP contribution < -0.4 is 10.1 Å². The summed E-state index contributed by atoms with van der Waals surface area (Å²) < 4.78 is 7.49. The van der Waals surface area contributed by atoms with Gasteiger partial charge in [-0.15, -0.1) is 10.2 Å². The van der Waals surface area contributed by atoms with Crippen LogP contribution in [0.4, 0.5) is 0 Å². The molecule has 1 aliphatic heterocycles. The van der Waals surface area contributed by atoms with Gasteiger partial charge < -0.3 is 14.6 Å². The molecule has 134 valence electrons. The highest BCUT2D eigenvalue weighted by molar-refractivity contribution is 7.99. The first-order chi connectivity index (χ1) is 12.3. The molecule has 0 bridgehead atoms. The van der Waals surface area contributed by atoms with Crippen molar-refractivity contribution in [2.24, 2.45) is 0 Å². The lowest BCUT2D eigenvalue weighted by Gasteiger charge is -2.09. The Morgan fingerprint density at radius 1 is 1.28 bits per heavy atom. The Hall–Kier alpha value is -2.02. The fraction of sp³-hybridized carbons (Fsp3) is 0.500. The number of methoxy groups -OCH3 is 1. The minimum Gasteiger partial charge on any atom is -0.496 e. The summed E-state index contributed by atoms with van der Waals surface area (Å²) in [7, 11) is 1.66. The predicted octanol–water partition coefficient (Wildman–Crippen LogP) is 2.46. The zero-order valence-electron chi connectivity index (χ0n) is 14.5. The number of aromatic nitrogens is 3. The van der Waals surface area contributed by atoms with Crippen molar-refractivity contribution in [1.82, 2.24) is 20.1 Å². The van der Waals surface area contributed by atoms with Crippen molar-refractivity contribution < 1.29 is 9.53 Å². The molecule has 1 aromatic carbocycles. The Kier molecular flexibility index (Phi) is 6.33. The number of rotatable bonds is 7. The average molecular weight is 360 g/mol. The highest BCUT2D eigenvalue weighted by Crippen LogP contribution is 2.21. The molecule has 0 aliphatic carbocycles. The van der Waals surface area contributed by atoms with Gasteiger partial charge in [0.15, 0.2) is 5.16 Å². The minimum absolute atomic E-state index is 0.0193. The molecule has 0 radical (unpaired) electrons. The van der Waals surface area contributed by atoms with E-state index in [1.807, 2.05) is 24.3 Å². The number of para-hydroxylation sites is 1. The zero-order chi connectivity index (χ0) is 17.5. The third-order valence-corrected chi connectivity index (χ3v) is 5.28. The summed E-state index contributed by atoms with van der Waals surface area (Å²) in [6.45, 7) is 1.55. The molecule has 1 N–H and O–H groups in total. The Morgan fingerprint density at radius 2 is 2.16 bits per heavy atom. The van der Waals surface area contributed by atoms with Crippen molar-refractivity contribution in [1.29, 1.82) is 0 Å². The highest BCUT2D eigenvalue weighted by Gasteiger charge is 2.16. The number of thioether (sulfide) groups is 1. The number of carbonyl (C=O) groups excluding carboxylic acids is 1. The van der Waals surface area contributed by atoms with E-state index in [0.29, 0.717) is 12.3 Å². The van der Waals surface area contributed by atoms with E-state index >= 15 is 0 Å². The Labute approximate surface area is 152 Å². The van der Waals surface area contributed by atoms with Crippen LogP contribution in [-0.4, -0.2) is 40.1 Å². The summed E-state index contributed by atoms with van der Waals surface area (Å²) in [5, 5.41) is 12.3. The molecular weight excluding hydrogens is 336 g/mol. The monoisotopic (exact) mass is 360 g/mol. The molecule has 7 heteroatoms. The molecular formula is C18H24N4O2S. The maximum Gasteiger partial charge on any atom is 0.230 e. The van der Waals surface area contributed by atoms with Gasteiger partial charge in [-0.3, -0.25) is 4.79 Å². The van der Waals surface area contributed by atoms with Gasteiger partial charge in [-0.05, 0) is 30.9 Å². The molecule has 0 atom stereocenters. The molecule has 1 aromatic heterocycles. The maximum atomic E-state index is 12.1. The molecule has 0 fully saturated rings. The van der Waals surface area contributed by atoms with E-state index in [1.165, 1.54) is 24.6 Å². The molecule has 1 amide bonds. The number of benzene rings is 1. The number of hydrogen-bond acceptors (Lipinski definition) is 5. The number of hydrogen-bond donors (Lipinski definition) is 1. The zero-order valence-corrected chi connectivity index (χ0v) is 15.3. The molecule has 25 heavy (non-hydrogen) atoms. The van der Waals surface area contributed by atoms with Gasteiger partial charge in [0.05, 0.1) is 12.9 Å². The highest BCUT2D eigenvalue weighted by atomic mass is 32.2. The number of nitrogens with one attached hydrogen (secondary N) is 1. The van der Waals surface area contributed by atoms with Crippen molar-refractivity contribution in [2.75, 3.05) is 19.4 Å². The molecule has 2 heterocycles. The first-order valence-corrected chi connectivity index (χ1v) is 9.70. The smallest absolute Gasteiger partial charge is 0.230 e. The van der Waals surface area contributed by atoms with E-state index in [2.05, 4.69) is 20.1 Å². The average Bonchev–Trinajstić information content (AvgIpc) is 2.86. The number of nitrogens with zero attached hydrogens (tertiary/aromatic N) is 3. The predicted molar refractivity (Wildman–Crippen MR) is 98.0 cm³/mol. The molecule has 1 aliphatic rings. The second-order valence-corrected chi connectivity index (χ2v) is 7.00. The van der Waals surface area contributed by atoms with Crippen LogP contribution in [0.3, 0.4) is 0 Å². The molecule has 0 spiro atoms. The summed E-state index contributed by atoms with van der Waals surface area (Å²) in [5.41, 5.74) is 1.10. The maximum absolute atomic E-state index is 12.1. The molecule has 0 saturated heterocycles. The summed E-state index contributed by atoms with van der Waals surface area (Å²) in [6, 6.07) is 7.88. The van der Waals surface area contributed by atoms with Crippen molar-refractivity contribution in [3.8, 4) is 5.75 Å². The van der Waals surface area contributed by atoms with Crippen molar-refractivity contribution >= 4 is 17.7 Å². The molecule has 0 unspecified atom stereocenters. The minimum atomic E-state index is 0.0193. The quantitative estimate of drug-likeness (QED) is 0.768. The molecule has 3 rings (SSSR count). The van der Waals surface area contributed by atoms with Crippen LogP contribution in [0.5, 0.6) is 5.75 Å². The lowest BCUT2D eigenvalue weighted by molar-refractivity contribution is -0.118. The number of aryl methyl sites for hydroxylation is 1. The lowest BCUT2D eigenvalue weighted by atomic mass is 10.1. The second kappa shape index (κ2) is 8.89. The summed E-state index contributed by atoms with van der Waals surface area (Å²) >= 11 is 1.47. The first-order valence-electron chi connectivity index (χ1n) is 8.71. The fourth-order valence-electron chi connectivity index (χ4n) is 2.99. The van der Waals surface area contributed by atoms with Gasteiger partial charge in [-0.2, -0.15) is 0 Å². The van der Waals surface area contributed by atoms with Gasteiger partial charge in [0.2, 0.25) is 5.91 Å². The Balaban J connectivity index is 1.45. The van der Waals surface area contributed by atoms with Crippen LogP contribution in [0.1, 0.15) is 30.7 Å². The number of carbonyl (C=O) groups is 1. The van der Waals surface area contributed by atoms with Crippen LogP contribution in [0.2, 0.25) is 0 Å². The van der Waals surface area contributed by atoms with Gasteiger partial charge in [0.25, 0.3) is 0 Å². The normalized spacial score (nSPS) is 13.8. The fourth-order valence-corrected chi connectivity index (χ4v) is 3.81. The van der Waals surface area contributed by atoms with Crippen LogP contribution >= 0.6 is 11.8 Å². The van der Waals surface area contributed by atoms with E-state index in [0.717, 1.165) is 48.1 Å². The van der Waals surface area contributed by atoms with Crippen LogP contribution in [0, 0.1) is 0 Å². The SMILES string of the molecule is COc1ccccc1CCNC(=O)CSc1nnc2n1CCCCC2. The first kappa shape index (κ1) is 17.8. The molecule has 6 nitrogen and oxygen atoms in total. The van der Waals surface area contributed by atoms with Crippen molar-refractivity contribution in [3.63, 3.8) is 0 Å². The standard InChI is InChI=1S/C18H24N4O2S/c1-24-15-8-5-4-7-14(15)10-11-19-17(23)13-25-18-21-20-16-9-3-2-6-12-22(16)18/h4-5,7-8H,2-3,6,9-13H2,1H3,(H,19,23). The van der Waals surface area contributed by atoms with Gasteiger partial charge >= 0.3 is 0 Å². The number of ether oxygens (including phenoxy) is 1. The van der Waals surface area contributed by atoms with E-state index < -0.39 is 0 Å². The molecule has 2 aromatic rings. The number of amides is 1. The topological polar surface area (TPSA) is 69.0 Å². The second-order valence-electron chi connectivity index (χ2n) is 6.06. The Morgan fingerprint density at radius 3 is 3.04 bits per heavy atom. The lowest BCUT2D eigenvalue weighted by Crippen LogP contribution is -2.27. The Bertz CT molecular complexity index is 717. The van der Waals surface area contributed by atoms with E-state index in [1.54, 1.807) is 7.11 Å². The van der Waals surface area contributed by atoms with Crippen LogP contribution in [0.25, 0.3) is 0 Å². The van der Waals surface area contributed by atoms with E-state index in [9.17, 15) is 4.79 Å². The number of fused-ring (bicyclic) bond motifs is 1. The van der Waals surface area contributed by atoms with Crippen LogP contribution in [-0.2, 0) is 24.2 Å². The third kappa shape index (κ3) is 4.75. The summed E-state index contributed by atoms with van der Waals surface area (Å²) in [4.78, 5) is 12.1. The van der Waals surface area contributed by atoms with Gasteiger partial charge in [0.1, 0.15) is 11.6 Å². The van der Waals surface area contributed by atoms with Crippen molar-refractivity contribution in [2.45, 2.75) is 43.8 Å². The molecule has 0 saturated carbocycles. The van der Waals surface area contributed by atoms with Gasteiger partial charge in [-0.1, -0.05) is 36.4 Å². The van der Waals surface area contributed by atoms with Crippen LogP contribution in [0.15, 0.2) is 29.4 Å². The summed E-state index contributed by atoms with van der Waals surface area (Å²) in [5.74, 6) is 2.30. The van der Waals surface area contributed by atoms with E-state index in [-0.39, 0.29) is 5.91 Å². The van der Waals surface area contributed by atoms with E-state index in [4.69, 9.17) is 4.74 Å².